The first kappa shape index (κ1) is 13.3. The molecule has 0 bridgehead atoms. The zero-order valence-corrected chi connectivity index (χ0v) is 11.7. The molecule has 1 aromatic carbocycles. The summed E-state index contributed by atoms with van der Waals surface area (Å²) < 4.78 is 25.7. The second-order valence-corrected chi connectivity index (χ2v) is 6.64. The maximum absolute atomic E-state index is 11.6. The van der Waals surface area contributed by atoms with Crippen molar-refractivity contribution in [1.82, 2.24) is 4.98 Å². The van der Waals surface area contributed by atoms with E-state index in [1.54, 1.807) is 24.4 Å². The van der Waals surface area contributed by atoms with Crippen molar-refractivity contribution in [2.24, 2.45) is 0 Å². The van der Waals surface area contributed by atoms with Crippen molar-refractivity contribution in [3.05, 3.63) is 35.8 Å². The summed E-state index contributed by atoms with van der Waals surface area (Å²) in [7, 11) is -3.37. The van der Waals surface area contributed by atoms with E-state index in [1.165, 1.54) is 11.3 Å². The Morgan fingerprint density at radius 3 is 2.89 bits per heavy atom. The number of halogens is 1. The molecule has 2 rings (SSSR count). The Labute approximate surface area is 115 Å². The van der Waals surface area contributed by atoms with Crippen LogP contribution in [0.25, 0.3) is 10.6 Å². The molecule has 1 aromatic heterocycles. The van der Waals surface area contributed by atoms with Gasteiger partial charge in [0.25, 0.3) is 0 Å². The van der Waals surface area contributed by atoms with Gasteiger partial charge in [-0.25, -0.2) is 13.4 Å². The summed E-state index contributed by atoms with van der Waals surface area (Å²) in [5.74, 6) is -0.0302. The van der Waals surface area contributed by atoms with Crippen molar-refractivity contribution >= 4 is 38.6 Å². The van der Waals surface area contributed by atoms with E-state index in [0.29, 0.717) is 5.69 Å². The summed E-state index contributed by atoms with van der Waals surface area (Å²) >= 11 is 6.94. The third-order valence-electron chi connectivity index (χ3n) is 2.16. The largest absolute Gasteiger partial charge is 0.283 e. The van der Waals surface area contributed by atoms with Gasteiger partial charge in [-0.05, 0) is 12.1 Å². The average molecular weight is 303 g/mol. The van der Waals surface area contributed by atoms with Crippen molar-refractivity contribution < 1.29 is 8.42 Å². The summed E-state index contributed by atoms with van der Waals surface area (Å²) in [6.07, 6.45) is 1.71. The first-order valence-corrected chi connectivity index (χ1v) is 8.24. The number of nitrogens with one attached hydrogen (secondary N) is 1. The summed E-state index contributed by atoms with van der Waals surface area (Å²) in [6.45, 7) is 0. The van der Waals surface area contributed by atoms with Crippen LogP contribution in [-0.2, 0) is 10.0 Å². The predicted octanol–water partition coefficient (Wildman–Crippen LogP) is 2.79. The van der Waals surface area contributed by atoms with Crippen LogP contribution in [-0.4, -0.2) is 25.0 Å². The van der Waals surface area contributed by atoms with Gasteiger partial charge in [-0.15, -0.1) is 22.9 Å². The van der Waals surface area contributed by atoms with Crippen LogP contribution in [0.1, 0.15) is 0 Å². The van der Waals surface area contributed by atoms with Crippen molar-refractivity contribution in [3.63, 3.8) is 0 Å². The molecule has 0 saturated heterocycles. The van der Waals surface area contributed by atoms with Gasteiger partial charge in [-0.2, -0.15) is 0 Å². The van der Waals surface area contributed by atoms with E-state index in [-0.39, 0.29) is 11.6 Å². The minimum atomic E-state index is -3.37. The highest BCUT2D eigenvalue weighted by atomic mass is 35.5. The Kier molecular flexibility index (Phi) is 4.21. The van der Waals surface area contributed by atoms with Gasteiger partial charge < -0.3 is 0 Å². The monoisotopic (exact) mass is 302 g/mol. The molecule has 0 aliphatic heterocycles. The molecule has 1 heterocycles. The van der Waals surface area contributed by atoms with Gasteiger partial charge in [-0.1, -0.05) is 12.1 Å². The smallest absolute Gasteiger partial charge is 0.233 e. The van der Waals surface area contributed by atoms with Crippen LogP contribution >= 0.6 is 22.9 Å². The zero-order valence-electron chi connectivity index (χ0n) is 9.34. The minimum Gasteiger partial charge on any atom is -0.283 e. The SMILES string of the molecule is O=S(=O)(CCCl)Nc1cccc(-c2nccs2)c1. The Balaban J connectivity index is 2.23. The number of rotatable bonds is 5. The number of anilines is 1. The Hall–Kier alpha value is -1.11. The molecule has 0 amide bonds. The van der Waals surface area contributed by atoms with E-state index in [1.807, 2.05) is 11.4 Å². The van der Waals surface area contributed by atoms with Crippen LogP contribution < -0.4 is 4.72 Å². The molecule has 4 nitrogen and oxygen atoms in total. The highest BCUT2D eigenvalue weighted by Gasteiger charge is 2.10. The number of sulfonamides is 1. The van der Waals surface area contributed by atoms with Crippen LogP contribution in [0.3, 0.4) is 0 Å². The number of hydrogen-bond acceptors (Lipinski definition) is 4. The van der Waals surface area contributed by atoms with Gasteiger partial charge in [0, 0.05) is 28.7 Å². The Morgan fingerprint density at radius 2 is 2.22 bits per heavy atom. The maximum atomic E-state index is 11.6. The van der Waals surface area contributed by atoms with Gasteiger partial charge in [-0.3, -0.25) is 4.72 Å². The van der Waals surface area contributed by atoms with Gasteiger partial charge in [0.05, 0.1) is 5.75 Å². The second-order valence-electron chi connectivity index (χ2n) is 3.53. The van der Waals surface area contributed by atoms with Crippen LogP contribution in [0.4, 0.5) is 5.69 Å². The molecule has 0 radical (unpaired) electrons. The summed E-state index contributed by atoms with van der Waals surface area (Å²) in [5, 5.41) is 2.73. The fourth-order valence-corrected chi connectivity index (χ4v) is 3.45. The normalized spacial score (nSPS) is 11.4. The highest BCUT2D eigenvalue weighted by Crippen LogP contribution is 2.24. The van der Waals surface area contributed by atoms with Gasteiger partial charge in [0.15, 0.2) is 0 Å². The van der Waals surface area contributed by atoms with Crippen LogP contribution in [0.2, 0.25) is 0 Å². The maximum Gasteiger partial charge on any atom is 0.233 e. The molecule has 0 fully saturated rings. The van der Waals surface area contributed by atoms with Crippen LogP contribution in [0, 0.1) is 0 Å². The molecule has 0 unspecified atom stereocenters. The number of hydrogen-bond donors (Lipinski definition) is 1. The predicted molar refractivity (Wildman–Crippen MR) is 75.7 cm³/mol. The number of nitrogens with zero attached hydrogens (tertiary/aromatic N) is 1. The van der Waals surface area contributed by atoms with E-state index in [4.69, 9.17) is 11.6 Å². The second kappa shape index (κ2) is 5.69. The number of benzene rings is 1. The lowest BCUT2D eigenvalue weighted by atomic mass is 10.2. The number of thiazole rings is 1. The summed E-state index contributed by atoms with van der Waals surface area (Å²) in [4.78, 5) is 4.18. The molecule has 0 aliphatic rings. The summed E-state index contributed by atoms with van der Waals surface area (Å²) in [6, 6.07) is 7.13. The Bertz CT molecular complexity index is 612. The van der Waals surface area contributed by atoms with E-state index >= 15 is 0 Å². The van der Waals surface area contributed by atoms with Gasteiger partial charge in [0.1, 0.15) is 5.01 Å². The number of alkyl halides is 1. The highest BCUT2D eigenvalue weighted by molar-refractivity contribution is 7.92. The Morgan fingerprint density at radius 1 is 1.39 bits per heavy atom. The molecule has 18 heavy (non-hydrogen) atoms. The molecular weight excluding hydrogens is 292 g/mol. The van der Waals surface area contributed by atoms with Crippen molar-refractivity contribution in [1.29, 1.82) is 0 Å². The van der Waals surface area contributed by atoms with Crippen molar-refractivity contribution in [3.8, 4) is 10.6 Å². The van der Waals surface area contributed by atoms with Crippen molar-refractivity contribution in [2.75, 3.05) is 16.4 Å². The molecule has 1 N–H and O–H groups in total. The molecule has 96 valence electrons. The lowest BCUT2D eigenvalue weighted by molar-refractivity contribution is 0.602. The van der Waals surface area contributed by atoms with Crippen molar-refractivity contribution in [2.45, 2.75) is 0 Å². The summed E-state index contributed by atoms with van der Waals surface area (Å²) in [5.41, 5.74) is 1.41. The third kappa shape index (κ3) is 3.44. The third-order valence-corrected chi connectivity index (χ3v) is 4.68. The molecule has 0 saturated carbocycles. The van der Waals surface area contributed by atoms with E-state index in [0.717, 1.165) is 10.6 Å². The number of aromatic nitrogens is 1. The molecule has 0 aliphatic carbocycles. The average Bonchev–Trinajstić information content (AvgIpc) is 2.81. The molecular formula is C11H11ClN2O2S2. The molecule has 7 heteroatoms. The lowest BCUT2D eigenvalue weighted by Crippen LogP contribution is -2.17. The molecule has 0 spiro atoms. The van der Waals surface area contributed by atoms with Gasteiger partial charge in [0.2, 0.25) is 10.0 Å². The van der Waals surface area contributed by atoms with Crippen LogP contribution in [0.15, 0.2) is 35.8 Å². The van der Waals surface area contributed by atoms with Crippen LogP contribution in [0.5, 0.6) is 0 Å². The topological polar surface area (TPSA) is 59.1 Å². The first-order valence-electron chi connectivity index (χ1n) is 5.17. The molecule has 0 atom stereocenters. The standard InChI is InChI=1S/C11H11ClN2O2S2/c12-4-7-18(15,16)14-10-3-1-2-9(8-10)11-13-5-6-17-11/h1-3,5-6,8,14H,4,7H2. The first-order chi connectivity index (χ1) is 8.61. The quantitative estimate of drug-likeness (QED) is 0.864. The van der Waals surface area contributed by atoms with E-state index in [9.17, 15) is 8.42 Å². The molecule has 2 aromatic rings. The zero-order chi connectivity index (χ0) is 13.0. The minimum absolute atomic E-state index is 0.0709. The fraction of sp³-hybridized carbons (Fsp3) is 0.182. The van der Waals surface area contributed by atoms with E-state index in [2.05, 4.69) is 9.71 Å². The lowest BCUT2D eigenvalue weighted by Gasteiger charge is -2.07. The van der Waals surface area contributed by atoms with E-state index < -0.39 is 10.0 Å². The fourth-order valence-electron chi connectivity index (χ4n) is 1.41. The van der Waals surface area contributed by atoms with Gasteiger partial charge >= 0.3 is 0 Å².